The molecule has 0 radical (unpaired) electrons. The van der Waals surface area contributed by atoms with Crippen molar-refractivity contribution in [3.8, 4) is 0 Å². The number of carbonyl (C=O) groups excluding carboxylic acids is 1. The first-order valence-electron chi connectivity index (χ1n) is 8.47. The number of nitrogens with one attached hydrogen (secondary N) is 1. The first-order chi connectivity index (χ1) is 12.3. The Balaban J connectivity index is 1.39. The number of hydrogen-bond donors (Lipinski definition) is 1. The molecule has 1 fully saturated rings. The van der Waals surface area contributed by atoms with Gasteiger partial charge in [-0.15, -0.1) is 0 Å². The zero-order valence-electron chi connectivity index (χ0n) is 14.1. The van der Waals surface area contributed by atoms with Gasteiger partial charge in [-0.1, -0.05) is 65.8 Å². The van der Waals surface area contributed by atoms with E-state index in [0.717, 1.165) is 23.3 Å². The van der Waals surface area contributed by atoms with Gasteiger partial charge in [-0.3, -0.25) is 10.1 Å². The van der Waals surface area contributed by atoms with Crippen molar-refractivity contribution in [2.45, 2.75) is 32.1 Å². The van der Waals surface area contributed by atoms with Crippen LogP contribution in [-0.2, 0) is 27.6 Å². The summed E-state index contributed by atoms with van der Waals surface area (Å²) in [4.78, 5) is 17.5. The summed E-state index contributed by atoms with van der Waals surface area (Å²) in [5, 5.41) is 7.34. The molecule has 0 spiro atoms. The Hall–Kier alpha value is -2.66. The second kappa shape index (κ2) is 8.99. The Morgan fingerprint density at radius 1 is 1.00 bits per heavy atom. The molecule has 1 aliphatic rings. The van der Waals surface area contributed by atoms with Crippen molar-refractivity contribution in [2.75, 3.05) is 6.54 Å². The van der Waals surface area contributed by atoms with Crippen molar-refractivity contribution in [3.63, 3.8) is 0 Å². The molecule has 2 aromatic rings. The molecule has 0 amide bonds. The van der Waals surface area contributed by atoms with Crippen molar-refractivity contribution in [3.05, 3.63) is 71.8 Å². The number of rotatable bonds is 6. The van der Waals surface area contributed by atoms with Gasteiger partial charge >= 0.3 is 5.97 Å². The summed E-state index contributed by atoms with van der Waals surface area (Å²) in [6.45, 7) is 1.30. The number of esters is 1. The molecular formula is C20H22N2O3. The number of hydrogen-bond acceptors (Lipinski definition) is 5. The van der Waals surface area contributed by atoms with Gasteiger partial charge in [-0.2, -0.15) is 0 Å². The molecular weight excluding hydrogens is 316 g/mol. The minimum Gasteiger partial charge on any atom is -0.460 e. The summed E-state index contributed by atoms with van der Waals surface area (Å²) < 4.78 is 5.37. The molecule has 1 heterocycles. The normalized spacial score (nSPS) is 18.7. The summed E-state index contributed by atoms with van der Waals surface area (Å²) in [5.41, 5.74) is 2.99. The lowest BCUT2D eigenvalue weighted by Crippen LogP contribution is -2.45. The van der Waals surface area contributed by atoms with Gasteiger partial charge in [0.2, 0.25) is 0 Å². The lowest BCUT2D eigenvalue weighted by molar-refractivity contribution is -0.147. The van der Waals surface area contributed by atoms with E-state index in [1.54, 1.807) is 0 Å². The summed E-state index contributed by atoms with van der Waals surface area (Å²) in [6, 6.07) is 19.3. The average Bonchev–Trinajstić information content (AvgIpc) is 2.68. The summed E-state index contributed by atoms with van der Waals surface area (Å²) in [6.07, 6.45) is 1.40. The summed E-state index contributed by atoms with van der Waals surface area (Å²) in [5.74, 6) is -0.215. The SMILES string of the molecule is O=C(OCc1ccccc1)[C@@H]1CC/C(=N\OCc2ccccc2)CN1. The molecule has 0 bridgehead atoms. The molecule has 3 rings (SSSR count). The number of nitrogens with zero attached hydrogens (tertiary/aromatic N) is 1. The number of oxime groups is 1. The number of ether oxygens (including phenoxy) is 1. The molecule has 25 heavy (non-hydrogen) atoms. The predicted molar refractivity (Wildman–Crippen MR) is 95.9 cm³/mol. The number of benzene rings is 2. The molecule has 5 nitrogen and oxygen atoms in total. The van der Waals surface area contributed by atoms with Crippen molar-refractivity contribution in [2.24, 2.45) is 5.16 Å². The van der Waals surface area contributed by atoms with Crippen LogP contribution in [0.3, 0.4) is 0 Å². The van der Waals surface area contributed by atoms with Gasteiger partial charge in [0, 0.05) is 6.54 Å². The number of piperidine rings is 1. The fourth-order valence-corrected chi connectivity index (χ4v) is 2.62. The van der Waals surface area contributed by atoms with E-state index >= 15 is 0 Å². The third-order valence-electron chi connectivity index (χ3n) is 4.05. The lowest BCUT2D eigenvalue weighted by atomic mass is 10.0. The van der Waals surface area contributed by atoms with Gasteiger partial charge < -0.3 is 9.57 Å². The molecule has 1 saturated heterocycles. The first kappa shape index (κ1) is 17.2. The van der Waals surface area contributed by atoms with Gasteiger partial charge in [0.1, 0.15) is 19.3 Å². The third kappa shape index (κ3) is 5.43. The van der Waals surface area contributed by atoms with Crippen LogP contribution in [0, 0.1) is 0 Å². The van der Waals surface area contributed by atoms with Crippen LogP contribution >= 0.6 is 0 Å². The maximum atomic E-state index is 12.1. The molecule has 0 unspecified atom stereocenters. The van der Waals surface area contributed by atoms with E-state index < -0.39 is 0 Å². The minimum atomic E-state index is -0.281. The van der Waals surface area contributed by atoms with E-state index in [2.05, 4.69) is 10.5 Å². The highest BCUT2D eigenvalue weighted by Gasteiger charge is 2.25. The Morgan fingerprint density at radius 3 is 2.24 bits per heavy atom. The molecule has 5 heteroatoms. The van der Waals surface area contributed by atoms with Crippen LogP contribution in [0.15, 0.2) is 65.8 Å². The minimum absolute atomic E-state index is 0.215. The smallest absolute Gasteiger partial charge is 0.323 e. The molecule has 2 aromatic carbocycles. The highest BCUT2D eigenvalue weighted by molar-refractivity contribution is 5.89. The summed E-state index contributed by atoms with van der Waals surface area (Å²) in [7, 11) is 0. The van der Waals surface area contributed by atoms with Crippen LogP contribution in [0.2, 0.25) is 0 Å². The van der Waals surface area contributed by atoms with Crippen molar-refractivity contribution < 1.29 is 14.4 Å². The zero-order chi connectivity index (χ0) is 17.3. The van der Waals surface area contributed by atoms with Gasteiger partial charge in [0.25, 0.3) is 0 Å². The standard InChI is InChI=1S/C20H22N2O3/c23-20(24-14-16-7-3-1-4-8-16)19-12-11-18(13-21-19)22-25-15-17-9-5-2-6-10-17/h1-10,19,21H,11-15H2/b22-18+/t19-/m0/s1. The van der Waals surface area contributed by atoms with Crippen molar-refractivity contribution >= 4 is 11.7 Å². The quantitative estimate of drug-likeness (QED) is 0.650. The Bertz CT molecular complexity index is 691. The highest BCUT2D eigenvalue weighted by Crippen LogP contribution is 2.10. The van der Waals surface area contributed by atoms with Crippen LogP contribution in [0.1, 0.15) is 24.0 Å². The predicted octanol–water partition coefficient (Wildman–Crippen LogP) is 3.05. The molecule has 0 aliphatic carbocycles. The van der Waals surface area contributed by atoms with Crippen LogP contribution in [-0.4, -0.2) is 24.3 Å². The van der Waals surface area contributed by atoms with Gasteiger partial charge in [0.15, 0.2) is 0 Å². The van der Waals surface area contributed by atoms with E-state index in [-0.39, 0.29) is 12.0 Å². The van der Waals surface area contributed by atoms with Crippen LogP contribution in [0.4, 0.5) is 0 Å². The lowest BCUT2D eigenvalue weighted by Gasteiger charge is -2.23. The number of carbonyl (C=O) groups is 1. The second-order valence-electron chi connectivity index (χ2n) is 5.98. The average molecular weight is 338 g/mol. The molecule has 1 atom stereocenters. The molecule has 130 valence electrons. The van der Waals surface area contributed by atoms with E-state index in [4.69, 9.17) is 9.57 Å². The molecule has 0 aromatic heterocycles. The van der Waals surface area contributed by atoms with E-state index in [1.807, 2.05) is 60.7 Å². The van der Waals surface area contributed by atoms with Gasteiger partial charge in [-0.25, -0.2) is 0 Å². The molecule has 1 aliphatic heterocycles. The van der Waals surface area contributed by atoms with Crippen LogP contribution in [0.25, 0.3) is 0 Å². The molecule has 1 N–H and O–H groups in total. The van der Waals surface area contributed by atoms with Crippen molar-refractivity contribution in [1.29, 1.82) is 0 Å². The van der Waals surface area contributed by atoms with E-state index in [9.17, 15) is 4.79 Å². The Morgan fingerprint density at radius 2 is 1.64 bits per heavy atom. The topological polar surface area (TPSA) is 59.9 Å². The monoisotopic (exact) mass is 338 g/mol. The van der Waals surface area contributed by atoms with Gasteiger partial charge in [0.05, 0.1) is 5.71 Å². The maximum absolute atomic E-state index is 12.1. The largest absolute Gasteiger partial charge is 0.460 e. The Labute approximate surface area is 147 Å². The van der Waals surface area contributed by atoms with E-state index in [0.29, 0.717) is 26.2 Å². The summed E-state index contributed by atoms with van der Waals surface area (Å²) >= 11 is 0. The maximum Gasteiger partial charge on any atom is 0.323 e. The van der Waals surface area contributed by atoms with Gasteiger partial charge in [-0.05, 0) is 24.0 Å². The third-order valence-corrected chi connectivity index (χ3v) is 4.05. The zero-order valence-corrected chi connectivity index (χ0v) is 14.1. The Kier molecular flexibility index (Phi) is 6.17. The second-order valence-corrected chi connectivity index (χ2v) is 5.98. The van der Waals surface area contributed by atoms with Crippen LogP contribution < -0.4 is 5.32 Å². The fraction of sp³-hybridized carbons (Fsp3) is 0.300. The van der Waals surface area contributed by atoms with Crippen molar-refractivity contribution in [1.82, 2.24) is 5.32 Å². The van der Waals surface area contributed by atoms with E-state index in [1.165, 1.54) is 0 Å². The fourth-order valence-electron chi connectivity index (χ4n) is 2.62. The molecule has 0 saturated carbocycles. The highest BCUT2D eigenvalue weighted by atomic mass is 16.6. The first-order valence-corrected chi connectivity index (χ1v) is 8.47. The van der Waals surface area contributed by atoms with Crippen LogP contribution in [0.5, 0.6) is 0 Å².